The van der Waals surface area contributed by atoms with Gasteiger partial charge in [0.05, 0.1) is 11.2 Å². The maximum atomic E-state index is 10.9. The minimum atomic E-state index is -0.572. The summed E-state index contributed by atoms with van der Waals surface area (Å²) in [5.41, 5.74) is 0.855. The molecule has 1 aromatic rings. The molecule has 17 heavy (non-hydrogen) atoms. The molecule has 1 saturated carbocycles. The van der Waals surface area contributed by atoms with Gasteiger partial charge in [0, 0.05) is 12.0 Å². The van der Waals surface area contributed by atoms with Gasteiger partial charge >= 0.3 is 0 Å². The lowest BCUT2D eigenvalue weighted by atomic mass is 10.0. The average Bonchev–Trinajstić information content (AvgIpc) is 3.08. The number of aldehydes is 1. The zero-order valence-electron chi connectivity index (χ0n) is 9.44. The van der Waals surface area contributed by atoms with Gasteiger partial charge in [-0.1, -0.05) is 6.07 Å². The molecule has 1 aliphatic carbocycles. The quantitative estimate of drug-likeness (QED) is 0.802. The molecule has 2 aliphatic rings. The highest BCUT2D eigenvalue weighted by Crippen LogP contribution is 2.43. The fourth-order valence-electron chi connectivity index (χ4n) is 2.12. The Bertz CT molecular complexity index is 463. The molecule has 4 heteroatoms. The summed E-state index contributed by atoms with van der Waals surface area (Å²) in [6.45, 7) is 0.947. The van der Waals surface area contributed by atoms with Gasteiger partial charge < -0.3 is 14.6 Å². The molecule has 1 aliphatic heterocycles. The molecule has 1 heterocycles. The van der Waals surface area contributed by atoms with Crippen molar-refractivity contribution in [3.05, 3.63) is 23.3 Å². The fourth-order valence-corrected chi connectivity index (χ4v) is 2.12. The number of carbonyl (C=O) groups is 1. The second-order valence-corrected chi connectivity index (χ2v) is 4.69. The number of fused-ring (bicyclic) bond motifs is 1. The molecule has 3 rings (SSSR count). The Morgan fingerprint density at radius 2 is 1.94 bits per heavy atom. The van der Waals surface area contributed by atoms with Crippen LogP contribution in [0.3, 0.4) is 0 Å². The molecule has 1 aromatic carbocycles. The van der Waals surface area contributed by atoms with Crippen molar-refractivity contribution in [2.24, 2.45) is 0 Å². The lowest BCUT2D eigenvalue weighted by molar-refractivity contribution is 0.111. The van der Waals surface area contributed by atoms with E-state index >= 15 is 0 Å². The first-order valence-corrected chi connectivity index (χ1v) is 5.81. The maximum absolute atomic E-state index is 10.9. The number of benzene rings is 1. The summed E-state index contributed by atoms with van der Waals surface area (Å²) < 4.78 is 11.1. The molecule has 0 spiro atoms. The minimum absolute atomic E-state index is 0.460. The SMILES string of the molecule is O=Cc1ccc(CC2(O)CC2)c2c1OCCO2. The number of aliphatic hydroxyl groups is 1. The number of ether oxygens (including phenoxy) is 2. The van der Waals surface area contributed by atoms with E-state index in [-0.39, 0.29) is 0 Å². The van der Waals surface area contributed by atoms with Gasteiger partial charge in [-0.15, -0.1) is 0 Å². The minimum Gasteiger partial charge on any atom is -0.486 e. The van der Waals surface area contributed by atoms with Crippen LogP contribution in [0.4, 0.5) is 0 Å². The summed E-state index contributed by atoms with van der Waals surface area (Å²) in [7, 11) is 0. The summed E-state index contributed by atoms with van der Waals surface area (Å²) in [4.78, 5) is 10.9. The third-order valence-electron chi connectivity index (χ3n) is 3.27. The monoisotopic (exact) mass is 234 g/mol. The van der Waals surface area contributed by atoms with E-state index in [4.69, 9.17) is 9.47 Å². The number of rotatable bonds is 3. The molecular weight excluding hydrogens is 220 g/mol. The largest absolute Gasteiger partial charge is 0.486 e. The summed E-state index contributed by atoms with van der Waals surface area (Å²) in [6.07, 6.45) is 3.00. The van der Waals surface area contributed by atoms with E-state index in [0.717, 1.165) is 24.7 Å². The van der Waals surface area contributed by atoms with Gasteiger partial charge in [0.1, 0.15) is 13.2 Å². The molecular formula is C13H14O4. The molecule has 0 atom stereocenters. The van der Waals surface area contributed by atoms with E-state index < -0.39 is 5.60 Å². The summed E-state index contributed by atoms with van der Waals surface area (Å²) >= 11 is 0. The Labute approximate surface area is 99.2 Å². The van der Waals surface area contributed by atoms with Crippen LogP contribution >= 0.6 is 0 Å². The molecule has 4 nitrogen and oxygen atoms in total. The number of carbonyl (C=O) groups excluding carboxylic acids is 1. The molecule has 0 unspecified atom stereocenters. The molecule has 0 bridgehead atoms. The molecule has 90 valence electrons. The number of hydrogen-bond acceptors (Lipinski definition) is 4. The third-order valence-corrected chi connectivity index (χ3v) is 3.27. The van der Waals surface area contributed by atoms with Gasteiger partial charge in [-0.2, -0.15) is 0 Å². The zero-order valence-corrected chi connectivity index (χ0v) is 9.44. The molecule has 0 aromatic heterocycles. The van der Waals surface area contributed by atoms with Crippen molar-refractivity contribution in [2.75, 3.05) is 13.2 Å². The van der Waals surface area contributed by atoms with E-state index in [1.807, 2.05) is 6.07 Å². The smallest absolute Gasteiger partial charge is 0.172 e. The van der Waals surface area contributed by atoms with Crippen LogP contribution in [0.1, 0.15) is 28.8 Å². The van der Waals surface area contributed by atoms with Crippen molar-refractivity contribution in [1.82, 2.24) is 0 Å². The van der Waals surface area contributed by atoms with Crippen molar-refractivity contribution in [3.63, 3.8) is 0 Å². The van der Waals surface area contributed by atoms with Crippen LogP contribution in [0.5, 0.6) is 11.5 Å². The van der Waals surface area contributed by atoms with Crippen LogP contribution in [0.15, 0.2) is 12.1 Å². The molecule has 0 amide bonds. The van der Waals surface area contributed by atoms with Gasteiger partial charge in [0.2, 0.25) is 0 Å². The lowest BCUT2D eigenvalue weighted by Crippen LogP contribution is -2.20. The van der Waals surface area contributed by atoms with Gasteiger partial charge in [-0.25, -0.2) is 0 Å². The topological polar surface area (TPSA) is 55.8 Å². The van der Waals surface area contributed by atoms with Crippen molar-refractivity contribution < 1.29 is 19.4 Å². The van der Waals surface area contributed by atoms with Gasteiger partial charge in [-0.3, -0.25) is 4.79 Å². The first-order chi connectivity index (χ1) is 8.22. The van der Waals surface area contributed by atoms with Crippen LogP contribution in [0, 0.1) is 0 Å². The zero-order chi connectivity index (χ0) is 11.9. The Hall–Kier alpha value is -1.55. The lowest BCUT2D eigenvalue weighted by Gasteiger charge is -2.23. The maximum Gasteiger partial charge on any atom is 0.172 e. The standard InChI is InChI=1S/C13H14O4/c14-8-10-2-1-9(7-13(15)3-4-13)11-12(10)17-6-5-16-11/h1-2,8,15H,3-7H2. The first-order valence-electron chi connectivity index (χ1n) is 5.81. The van der Waals surface area contributed by atoms with Crippen LogP contribution < -0.4 is 9.47 Å². The van der Waals surface area contributed by atoms with E-state index in [1.54, 1.807) is 6.07 Å². The van der Waals surface area contributed by atoms with E-state index in [1.165, 1.54) is 0 Å². The molecule has 0 radical (unpaired) electrons. The van der Waals surface area contributed by atoms with Crippen molar-refractivity contribution in [1.29, 1.82) is 0 Å². The van der Waals surface area contributed by atoms with E-state index in [9.17, 15) is 9.90 Å². The highest BCUT2D eigenvalue weighted by Gasteiger charge is 2.41. The Kier molecular flexibility index (Phi) is 2.33. The van der Waals surface area contributed by atoms with Crippen LogP contribution in [-0.4, -0.2) is 30.2 Å². The van der Waals surface area contributed by atoms with E-state index in [2.05, 4.69) is 0 Å². The Morgan fingerprint density at radius 1 is 1.24 bits per heavy atom. The third kappa shape index (κ3) is 1.89. The number of hydrogen-bond donors (Lipinski definition) is 1. The van der Waals surface area contributed by atoms with Crippen LogP contribution in [0.2, 0.25) is 0 Å². The van der Waals surface area contributed by atoms with Gasteiger partial charge in [0.15, 0.2) is 17.8 Å². The van der Waals surface area contributed by atoms with Gasteiger partial charge in [-0.05, 0) is 18.9 Å². The fraction of sp³-hybridized carbons (Fsp3) is 0.462. The highest BCUT2D eigenvalue weighted by molar-refractivity contribution is 5.82. The summed E-state index contributed by atoms with van der Waals surface area (Å²) in [6, 6.07) is 3.56. The Balaban J connectivity index is 2.01. The first kappa shape index (κ1) is 10.6. The van der Waals surface area contributed by atoms with Crippen molar-refractivity contribution in [2.45, 2.75) is 24.9 Å². The van der Waals surface area contributed by atoms with Crippen LogP contribution in [0.25, 0.3) is 0 Å². The van der Waals surface area contributed by atoms with E-state index in [0.29, 0.717) is 36.7 Å². The summed E-state index contributed by atoms with van der Waals surface area (Å²) in [5, 5.41) is 9.94. The predicted octanol–water partition coefficient (Wildman–Crippen LogP) is 1.34. The second-order valence-electron chi connectivity index (χ2n) is 4.69. The Morgan fingerprint density at radius 3 is 2.59 bits per heavy atom. The predicted molar refractivity (Wildman–Crippen MR) is 60.7 cm³/mol. The summed E-state index contributed by atoms with van der Waals surface area (Å²) in [5.74, 6) is 1.15. The van der Waals surface area contributed by atoms with Crippen LogP contribution in [-0.2, 0) is 6.42 Å². The molecule has 1 N–H and O–H groups in total. The van der Waals surface area contributed by atoms with Crippen molar-refractivity contribution >= 4 is 6.29 Å². The normalized spacial score (nSPS) is 19.8. The van der Waals surface area contributed by atoms with Crippen molar-refractivity contribution in [3.8, 4) is 11.5 Å². The molecule has 0 saturated heterocycles. The second kappa shape index (κ2) is 3.74. The average molecular weight is 234 g/mol. The highest BCUT2D eigenvalue weighted by atomic mass is 16.6. The van der Waals surface area contributed by atoms with Gasteiger partial charge in [0.25, 0.3) is 0 Å². The molecule has 1 fully saturated rings.